The molecule has 0 aromatic heterocycles. The summed E-state index contributed by atoms with van der Waals surface area (Å²) in [4.78, 5) is 37.5. The molecule has 33 heavy (non-hydrogen) atoms. The normalized spacial score (nSPS) is 13.4. The molecule has 3 unspecified atom stereocenters. The molecular weight excluding hydrogens is 491 g/mol. The van der Waals surface area contributed by atoms with Gasteiger partial charge in [0.05, 0.1) is 20.8 Å². The summed E-state index contributed by atoms with van der Waals surface area (Å²) >= 11 is 17.9. The zero-order chi connectivity index (χ0) is 24.5. The summed E-state index contributed by atoms with van der Waals surface area (Å²) in [7, 11) is 0. The van der Waals surface area contributed by atoms with E-state index in [0.717, 1.165) is 5.56 Å². The zero-order valence-corrected chi connectivity index (χ0v) is 20.6. The summed E-state index contributed by atoms with van der Waals surface area (Å²) in [5, 5.41) is 5.69. The largest absolute Gasteiger partial charge is 0.451 e. The van der Waals surface area contributed by atoms with E-state index in [1.165, 1.54) is 19.1 Å². The average Bonchev–Trinajstić information content (AvgIpc) is 2.79. The highest BCUT2D eigenvalue weighted by molar-refractivity contribution is 6.44. The summed E-state index contributed by atoms with van der Waals surface area (Å²) < 4.78 is 10.5. The van der Waals surface area contributed by atoms with Crippen molar-refractivity contribution in [3.05, 3.63) is 63.1 Å². The van der Waals surface area contributed by atoms with Crippen LogP contribution in [0.15, 0.2) is 42.5 Å². The summed E-state index contributed by atoms with van der Waals surface area (Å²) in [6.45, 7) is 5.10. The maximum Gasteiger partial charge on any atom is 0.408 e. The number of alkyl carbamates (subject to hydrolysis) is 1. The molecule has 2 rings (SSSR count). The van der Waals surface area contributed by atoms with Crippen LogP contribution < -0.4 is 10.6 Å². The van der Waals surface area contributed by atoms with Gasteiger partial charge >= 0.3 is 12.1 Å². The van der Waals surface area contributed by atoms with Crippen molar-refractivity contribution in [2.24, 2.45) is 5.92 Å². The van der Waals surface area contributed by atoms with Crippen LogP contribution in [0.1, 0.15) is 32.8 Å². The van der Waals surface area contributed by atoms with Crippen molar-refractivity contribution in [2.75, 3.05) is 5.32 Å². The number of halogens is 3. The van der Waals surface area contributed by atoms with Crippen LogP contribution in [0, 0.1) is 5.92 Å². The lowest BCUT2D eigenvalue weighted by molar-refractivity contribution is -0.156. The number of hydrogen-bond acceptors (Lipinski definition) is 5. The van der Waals surface area contributed by atoms with Crippen LogP contribution in [0.25, 0.3) is 0 Å². The molecule has 3 atom stereocenters. The van der Waals surface area contributed by atoms with E-state index in [1.807, 2.05) is 37.3 Å². The quantitative estimate of drug-likeness (QED) is 0.322. The second kappa shape index (κ2) is 12.7. The first-order valence-electron chi connectivity index (χ1n) is 10.3. The Hall–Kier alpha value is -2.48. The Balaban J connectivity index is 1.98. The number of amides is 2. The highest BCUT2D eigenvalue weighted by Gasteiger charge is 2.31. The molecule has 10 heteroatoms. The number of hydrogen-bond donors (Lipinski definition) is 2. The molecule has 0 radical (unpaired) electrons. The number of carbonyl (C=O) groups excluding carboxylic acids is 3. The number of anilines is 1. The lowest BCUT2D eigenvalue weighted by Gasteiger charge is -2.24. The van der Waals surface area contributed by atoms with Gasteiger partial charge in [-0.2, -0.15) is 0 Å². The molecule has 0 spiro atoms. The maximum atomic E-state index is 12.7. The van der Waals surface area contributed by atoms with Gasteiger partial charge in [-0.1, -0.05) is 85.4 Å². The van der Waals surface area contributed by atoms with E-state index < -0.39 is 30.1 Å². The van der Waals surface area contributed by atoms with Crippen molar-refractivity contribution in [3.8, 4) is 0 Å². The third kappa shape index (κ3) is 8.11. The summed E-state index contributed by atoms with van der Waals surface area (Å²) in [5.74, 6) is -1.65. The van der Waals surface area contributed by atoms with Crippen LogP contribution in [0.3, 0.4) is 0 Å². The Morgan fingerprint density at radius 1 is 0.970 bits per heavy atom. The molecule has 0 bridgehead atoms. The Bertz CT molecular complexity index is 988. The third-order valence-electron chi connectivity index (χ3n) is 4.88. The smallest absolute Gasteiger partial charge is 0.408 e. The van der Waals surface area contributed by atoms with Gasteiger partial charge in [0, 0.05) is 0 Å². The fourth-order valence-corrected chi connectivity index (χ4v) is 3.31. The highest BCUT2D eigenvalue weighted by atomic mass is 35.5. The van der Waals surface area contributed by atoms with Gasteiger partial charge in [0.2, 0.25) is 0 Å². The topological polar surface area (TPSA) is 93.7 Å². The number of nitrogens with one attached hydrogen (secondary N) is 2. The second-order valence-electron chi connectivity index (χ2n) is 7.38. The fraction of sp³-hybridized carbons (Fsp3) is 0.348. The molecule has 0 aliphatic carbocycles. The minimum absolute atomic E-state index is 0.0537. The predicted molar refractivity (Wildman–Crippen MR) is 129 cm³/mol. The van der Waals surface area contributed by atoms with Crippen molar-refractivity contribution >= 4 is 58.5 Å². The highest BCUT2D eigenvalue weighted by Crippen LogP contribution is 2.32. The van der Waals surface area contributed by atoms with E-state index in [1.54, 1.807) is 6.92 Å². The molecule has 0 saturated carbocycles. The first-order valence-corrected chi connectivity index (χ1v) is 11.4. The molecule has 2 amide bonds. The first-order chi connectivity index (χ1) is 15.6. The Labute approximate surface area is 207 Å². The van der Waals surface area contributed by atoms with Crippen LogP contribution in [0.4, 0.5) is 10.5 Å². The minimum Gasteiger partial charge on any atom is -0.451 e. The van der Waals surface area contributed by atoms with Crippen LogP contribution in [0.5, 0.6) is 0 Å². The van der Waals surface area contributed by atoms with E-state index in [2.05, 4.69) is 10.6 Å². The van der Waals surface area contributed by atoms with Crippen molar-refractivity contribution in [1.82, 2.24) is 5.32 Å². The molecule has 2 aromatic carbocycles. The van der Waals surface area contributed by atoms with Crippen molar-refractivity contribution in [2.45, 2.75) is 45.9 Å². The molecule has 7 nitrogen and oxygen atoms in total. The third-order valence-corrected chi connectivity index (χ3v) is 5.92. The molecule has 0 saturated heterocycles. The van der Waals surface area contributed by atoms with Gasteiger partial charge in [-0.3, -0.25) is 4.79 Å². The van der Waals surface area contributed by atoms with Gasteiger partial charge in [-0.15, -0.1) is 0 Å². The molecule has 2 N–H and O–H groups in total. The van der Waals surface area contributed by atoms with Gasteiger partial charge in [-0.05, 0) is 30.5 Å². The molecule has 0 heterocycles. The van der Waals surface area contributed by atoms with E-state index in [9.17, 15) is 14.4 Å². The lowest BCUT2D eigenvalue weighted by atomic mass is 9.99. The fourth-order valence-electron chi connectivity index (χ4n) is 2.71. The standard InChI is InChI=1S/C23H25Cl3N2O5/c1-4-13(2)20(28-23(31)32-12-15-8-6-5-7-9-15)22(30)33-14(3)21(29)27-19-11-17(25)16(24)10-18(19)26/h5-11,13-14,20H,4,12H2,1-3H3,(H,27,29)(H,28,31). The summed E-state index contributed by atoms with van der Waals surface area (Å²) in [6.07, 6.45) is -1.35. The summed E-state index contributed by atoms with van der Waals surface area (Å²) in [6, 6.07) is 10.9. The predicted octanol–water partition coefficient (Wildman–Crippen LogP) is 5.86. The van der Waals surface area contributed by atoms with Gasteiger partial charge in [0.1, 0.15) is 12.6 Å². The van der Waals surface area contributed by atoms with Gasteiger partial charge in [0.25, 0.3) is 5.91 Å². The van der Waals surface area contributed by atoms with Crippen LogP contribution in [-0.4, -0.2) is 30.1 Å². The number of carbonyl (C=O) groups is 3. The molecule has 0 aliphatic heterocycles. The van der Waals surface area contributed by atoms with E-state index >= 15 is 0 Å². The lowest BCUT2D eigenvalue weighted by Crippen LogP contribution is -2.47. The molecule has 178 valence electrons. The van der Waals surface area contributed by atoms with E-state index in [-0.39, 0.29) is 33.3 Å². The number of rotatable bonds is 9. The number of ether oxygens (including phenoxy) is 2. The van der Waals surface area contributed by atoms with Gasteiger partial charge < -0.3 is 20.1 Å². The zero-order valence-electron chi connectivity index (χ0n) is 18.4. The first kappa shape index (κ1) is 26.8. The van der Waals surface area contributed by atoms with Gasteiger partial charge in [-0.25, -0.2) is 9.59 Å². The Kier molecular flexibility index (Phi) is 10.3. The van der Waals surface area contributed by atoms with Crippen molar-refractivity contribution < 1.29 is 23.9 Å². The molecule has 0 aliphatic rings. The van der Waals surface area contributed by atoms with Gasteiger partial charge in [0.15, 0.2) is 6.10 Å². The molecular formula is C23H25Cl3N2O5. The van der Waals surface area contributed by atoms with Crippen LogP contribution in [-0.2, 0) is 25.7 Å². The monoisotopic (exact) mass is 514 g/mol. The number of esters is 1. The van der Waals surface area contributed by atoms with Crippen LogP contribution in [0.2, 0.25) is 15.1 Å². The minimum atomic E-state index is -1.17. The number of benzene rings is 2. The van der Waals surface area contributed by atoms with Crippen LogP contribution >= 0.6 is 34.8 Å². The molecule has 0 fully saturated rings. The maximum absolute atomic E-state index is 12.7. The van der Waals surface area contributed by atoms with Crippen molar-refractivity contribution in [1.29, 1.82) is 0 Å². The SMILES string of the molecule is CCC(C)C(NC(=O)OCc1ccccc1)C(=O)OC(C)C(=O)Nc1cc(Cl)c(Cl)cc1Cl. The summed E-state index contributed by atoms with van der Waals surface area (Å²) in [5.41, 5.74) is 1.03. The van der Waals surface area contributed by atoms with E-state index in [4.69, 9.17) is 44.3 Å². The Morgan fingerprint density at radius 3 is 2.24 bits per heavy atom. The second-order valence-corrected chi connectivity index (χ2v) is 8.61. The van der Waals surface area contributed by atoms with Crippen molar-refractivity contribution in [3.63, 3.8) is 0 Å². The van der Waals surface area contributed by atoms with E-state index in [0.29, 0.717) is 6.42 Å². The Morgan fingerprint density at radius 2 is 1.61 bits per heavy atom. The average molecular weight is 516 g/mol. The molecule has 2 aromatic rings.